The number of anilines is 1. The van der Waals surface area contributed by atoms with Crippen LogP contribution in [0.25, 0.3) is 10.9 Å². The molecule has 0 bridgehead atoms. The first kappa shape index (κ1) is 18.4. The molecule has 0 aliphatic carbocycles. The van der Waals surface area contributed by atoms with Crippen LogP contribution in [0.1, 0.15) is 5.56 Å². The van der Waals surface area contributed by atoms with E-state index in [0.717, 1.165) is 22.5 Å². The highest BCUT2D eigenvalue weighted by molar-refractivity contribution is 6.31. The number of amides is 1. The van der Waals surface area contributed by atoms with Gasteiger partial charge in [-0.1, -0.05) is 29.8 Å². The molecule has 0 atom stereocenters. The molecule has 0 saturated carbocycles. The predicted octanol–water partition coefficient (Wildman–Crippen LogP) is 3.45. The van der Waals surface area contributed by atoms with Crippen LogP contribution in [0.2, 0.25) is 5.02 Å². The minimum atomic E-state index is -0.687. The summed E-state index contributed by atoms with van der Waals surface area (Å²) in [4.78, 5) is 37.3. The summed E-state index contributed by atoms with van der Waals surface area (Å²) in [5.41, 5.74) is 1.28. The average molecular weight is 388 g/mol. The fourth-order valence-corrected chi connectivity index (χ4v) is 2.74. The van der Waals surface area contributed by atoms with Gasteiger partial charge in [-0.3, -0.25) is 19.7 Å². The second-order valence-electron chi connectivity index (χ2n) is 5.66. The molecule has 9 heteroatoms. The van der Waals surface area contributed by atoms with E-state index in [1.54, 1.807) is 6.20 Å². The molecule has 0 aliphatic heterocycles. The van der Waals surface area contributed by atoms with Gasteiger partial charge in [0.25, 0.3) is 11.6 Å². The number of carbonyl (C=O) groups is 2. The Bertz CT molecular complexity index is 1030. The Kier molecular flexibility index (Phi) is 5.37. The molecule has 2 N–H and O–H groups in total. The second-order valence-corrected chi connectivity index (χ2v) is 6.10. The van der Waals surface area contributed by atoms with E-state index in [-0.39, 0.29) is 22.8 Å². The number of nitro benzene ring substituents is 1. The third-order valence-electron chi connectivity index (χ3n) is 3.80. The predicted molar refractivity (Wildman–Crippen MR) is 99.7 cm³/mol. The fraction of sp³-hybridized carbons (Fsp3) is 0.111. The lowest BCUT2D eigenvalue weighted by molar-refractivity contribution is -0.383. The van der Waals surface area contributed by atoms with Gasteiger partial charge < -0.3 is 15.0 Å². The number of rotatable bonds is 6. The van der Waals surface area contributed by atoms with Gasteiger partial charge in [-0.05, 0) is 23.8 Å². The standard InChI is InChI=1S/C18H14ClN3O5/c19-12-5-6-15(16(8-12)22(25)26)21-17(23)10-27-18(24)7-11-9-20-14-4-2-1-3-13(11)14/h1-6,8-9,20H,7,10H2,(H,21,23). The summed E-state index contributed by atoms with van der Waals surface area (Å²) in [6, 6.07) is 11.3. The topological polar surface area (TPSA) is 114 Å². The van der Waals surface area contributed by atoms with Gasteiger partial charge in [0.1, 0.15) is 5.69 Å². The molecule has 0 saturated heterocycles. The smallest absolute Gasteiger partial charge is 0.310 e. The van der Waals surface area contributed by atoms with E-state index in [1.165, 1.54) is 12.1 Å². The van der Waals surface area contributed by atoms with Crippen LogP contribution in [-0.4, -0.2) is 28.4 Å². The lowest BCUT2D eigenvalue weighted by Gasteiger charge is -2.07. The quantitative estimate of drug-likeness (QED) is 0.382. The summed E-state index contributed by atoms with van der Waals surface area (Å²) in [6.45, 7) is -0.555. The number of hydrogen-bond donors (Lipinski definition) is 2. The first-order valence-corrected chi connectivity index (χ1v) is 8.26. The number of nitrogens with zero attached hydrogens (tertiary/aromatic N) is 1. The minimum absolute atomic E-state index is 0.00160. The Morgan fingerprint density at radius 3 is 2.78 bits per heavy atom. The number of fused-ring (bicyclic) bond motifs is 1. The molecule has 1 aromatic heterocycles. The molecule has 0 fully saturated rings. The molecule has 2 aromatic carbocycles. The van der Waals surface area contributed by atoms with E-state index in [1.807, 2.05) is 24.3 Å². The highest BCUT2D eigenvalue weighted by Crippen LogP contribution is 2.27. The number of halogens is 1. The van der Waals surface area contributed by atoms with Crippen molar-refractivity contribution in [2.24, 2.45) is 0 Å². The maximum absolute atomic E-state index is 12.0. The molecule has 1 amide bonds. The average Bonchev–Trinajstić information content (AvgIpc) is 3.04. The normalized spacial score (nSPS) is 10.6. The number of ether oxygens (including phenoxy) is 1. The minimum Gasteiger partial charge on any atom is -0.455 e. The number of hydrogen-bond acceptors (Lipinski definition) is 5. The number of aromatic amines is 1. The maximum Gasteiger partial charge on any atom is 0.310 e. The van der Waals surface area contributed by atoms with Crippen molar-refractivity contribution in [2.75, 3.05) is 11.9 Å². The molecule has 138 valence electrons. The van der Waals surface area contributed by atoms with Crippen molar-refractivity contribution in [3.63, 3.8) is 0 Å². The van der Waals surface area contributed by atoms with Crippen LogP contribution in [0, 0.1) is 10.1 Å². The number of H-pyrrole nitrogens is 1. The van der Waals surface area contributed by atoms with Gasteiger partial charge in [-0.2, -0.15) is 0 Å². The molecular formula is C18H14ClN3O5. The molecule has 3 aromatic rings. The zero-order valence-corrected chi connectivity index (χ0v) is 14.7. The molecule has 27 heavy (non-hydrogen) atoms. The summed E-state index contributed by atoms with van der Waals surface area (Å²) in [5, 5.41) is 14.4. The number of esters is 1. The van der Waals surface area contributed by atoms with Gasteiger partial charge >= 0.3 is 5.97 Å². The number of para-hydroxylation sites is 1. The number of benzene rings is 2. The van der Waals surface area contributed by atoms with Crippen LogP contribution in [0.15, 0.2) is 48.7 Å². The number of carbonyl (C=O) groups excluding carboxylic acids is 2. The van der Waals surface area contributed by atoms with E-state index in [9.17, 15) is 19.7 Å². The molecular weight excluding hydrogens is 374 g/mol. The molecule has 0 unspecified atom stereocenters. The fourth-order valence-electron chi connectivity index (χ4n) is 2.58. The zero-order chi connectivity index (χ0) is 19.4. The SMILES string of the molecule is O=C(COC(=O)Cc1c[nH]c2ccccc12)Nc1ccc(Cl)cc1[N+](=O)[O-]. The lowest BCUT2D eigenvalue weighted by atomic mass is 10.1. The number of nitrogens with one attached hydrogen (secondary N) is 2. The zero-order valence-electron chi connectivity index (χ0n) is 13.9. The van der Waals surface area contributed by atoms with Gasteiger partial charge in [0, 0.05) is 28.2 Å². The largest absolute Gasteiger partial charge is 0.455 e. The van der Waals surface area contributed by atoms with Crippen molar-refractivity contribution in [3.05, 3.63) is 69.4 Å². The van der Waals surface area contributed by atoms with Crippen LogP contribution >= 0.6 is 11.6 Å². The third kappa shape index (κ3) is 4.42. The van der Waals surface area contributed by atoms with Gasteiger partial charge in [0.15, 0.2) is 6.61 Å². The van der Waals surface area contributed by atoms with Gasteiger partial charge in [-0.25, -0.2) is 0 Å². The van der Waals surface area contributed by atoms with E-state index >= 15 is 0 Å². The van der Waals surface area contributed by atoms with Crippen molar-refractivity contribution in [3.8, 4) is 0 Å². The van der Waals surface area contributed by atoms with Gasteiger partial charge in [0.05, 0.1) is 11.3 Å². The molecule has 0 radical (unpaired) electrons. The first-order chi connectivity index (χ1) is 12.9. The highest BCUT2D eigenvalue weighted by Gasteiger charge is 2.17. The van der Waals surface area contributed by atoms with E-state index < -0.39 is 23.4 Å². The molecule has 0 spiro atoms. The van der Waals surface area contributed by atoms with Crippen molar-refractivity contribution < 1.29 is 19.2 Å². The summed E-state index contributed by atoms with van der Waals surface area (Å²) >= 11 is 5.72. The molecule has 1 heterocycles. The van der Waals surface area contributed by atoms with Crippen molar-refractivity contribution >= 4 is 45.8 Å². The van der Waals surface area contributed by atoms with E-state index in [0.29, 0.717) is 0 Å². The Morgan fingerprint density at radius 1 is 1.22 bits per heavy atom. The molecule has 0 aliphatic rings. The van der Waals surface area contributed by atoms with Crippen molar-refractivity contribution in [1.29, 1.82) is 0 Å². The van der Waals surface area contributed by atoms with Crippen LogP contribution in [0.3, 0.4) is 0 Å². The summed E-state index contributed by atoms with van der Waals surface area (Å²) in [5.74, 6) is -1.27. The molecule has 8 nitrogen and oxygen atoms in total. The van der Waals surface area contributed by atoms with Crippen LogP contribution < -0.4 is 5.32 Å². The number of nitro groups is 1. The lowest BCUT2D eigenvalue weighted by Crippen LogP contribution is -2.22. The second kappa shape index (κ2) is 7.88. The Hall–Kier alpha value is -3.39. The van der Waals surface area contributed by atoms with Crippen LogP contribution in [0.5, 0.6) is 0 Å². The van der Waals surface area contributed by atoms with Gasteiger partial charge in [0.2, 0.25) is 0 Å². The van der Waals surface area contributed by atoms with Crippen molar-refractivity contribution in [1.82, 2.24) is 4.98 Å². The maximum atomic E-state index is 12.0. The monoisotopic (exact) mass is 387 g/mol. The Balaban J connectivity index is 1.58. The highest BCUT2D eigenvalue weighted by atomic mass is 35.5. The van der Waals surface area contributed by atoms with E-state index in [2.05, 4.69) is 10.3 Å². The summed E-state index contributed by atoms with van der Waals surface area (Å²) in [7, 11) is 0. The summed E-state index contributed by atoms with van der Waals surface area (Å²) < 4.78 is 4.96. The summed E-state index contributed by atoms with van der Waals surface area (Å²) in [6.07, 6.45) is 1.71. The van der Waals surface area contributed by atoms with Gasteiger partial charge in [-0.15, -0.1) is 0 Å². The van der Waals surface area contributed by atoms with Crippen LogP contribution in [-0.2, 0) is 20.7 Å². The van der Waals surface area contributed by atoms with Crippen LogP contribution in [0.4, 0.5) is 11.4 Å². The van der Waals surface area contributed by atoms with Crippen molar-refractivity contribution in [2.45, 2.75) is 6.42 Å². The Morgan fingerprint density at radius 2 is 2.00 bits per heavy atom. The third-order valence-corrected chi connectivity index (χ3v) is 4.04. The first-order valence-electron chi connectivity index (χ1n) is 7.88. The van der Waals surface area contributed by atoms with E-state index in [4.69, 9.17) is 16.3 Å². The Labute approximate surface area is 158 Å². The number of aromatic nitrogens is 1. The molecule has 3 rings (SSSR count).